The van der Waals surface area contributed by atoms with Crippen molar-refractivity contribution in [3.05, 3.63) is 29.6 Å². The fourth-order valence-electron chi connectivity index (χ4n) is 2.96. The third-order valence-electron chi connectivity index (χ3n) is 3.98. The highest BCUT2D eigenvalue weighted by molar-refractivity contribution is 6.20. The van der Waals surface area contributed by atoms with Crippen LogP contribution in [0.1, 0.15) is 36.5 Å². The van der Waals surface area contributed by atoms with E-state index in [1.165, 1.54) is 17.5 Å². The van der Waals surface area contributed by atoms with Gasteiger partial charge in [-0.05, 0) is 44.4 Å². The summed E-state index contributed by atoms with van der Waals surface area (Å²) in [5.41, 5.74) is 3.49. The van der Waals surface area contributed by atoms with Crippen LogP contribution in [0, 0.1) is 12.8 Å². The lowest BCUT2D eigenvalue weighted by molar-refractivity contribution is 0.0485. The number of halogens is 1. The molecule has 3 rings (SSSR count). The summed E-state index contributed by atoms with van der Waals surface area (Å²) in [5.74, 6) is 1.54. The number of rotatable bonds is 3. The van der Waals surface area contributed by atoms with Crippen molar-refractivity contribution in [2.45, 2.75) is 38.6 Å². The van der Waals surface area contributed by atoms with E-state index in [-0.39, 0.29) is 5.38 Å². The number of alkyl halides is 1. The minimum Gasteiger partial charge on any atom is -0.381 e. The average molecular weight is 293 g/mol. The first-order chi connectivity index (χ1) is 9.65. The molecule has 1 aromatic heterocycles. The Morgan fingerprint density at radius 3 is 3.05 bits per heavy atom. The number of hydrogen-bond acceptors (Lipinski definition) is 2. The molecule has 1 saturated heterocycles. The Labute approximate surface area is 124 Å². The smallest absolute Gasteiger partial charge is 0.127 e. The molecule has 0 saturated carbocycles. The summed E-state index contributed by atoms with van der Waals surface area (Å²) in [5, 5.41) is -0.0767. The molecule has 0 spiro atoms. The molecule has 2 unspecified atom stereocenters. The lowest BCUT2D eigenvalue weighted by atomic mass is 10.0. The van der Waals surface area contributed by atoms with Crippen LogP contribution >= 0.6 is 11.6 Å². The number of aryl methyl sites for hydroxylation is 1. The third-order valence-corrected chi connectivity index (χ3v) is 4.18. The van der Waals surface area contributed by atoms with Crippen molar-refractivity contribution >= 4 is 22.6 Å². The zero-order valence-corrected chi connectivity index (χ0v) is 12.9. The van der Waals surface area contributed by atoms with E-state index in [1.54, 1.807) is 0 Å². The normalized spacial score (nSPS) is 21.2. The molecule has 2 aromatic rings. The second-order valence-corrected chi connectivity index (χ2v) is 6.43. The number of aromatic nitrogens is 2. The Morgan fingerprint density at radius 2 is 2.35 bits per heavy atom. The second kappa shape index (κ2) is 5.74. The van der Waals surface area contributed by atoms with Gasteiger partial charge in [-0.2, -0.15) is 0 Å². The molecule has 0 N–H and O–H groups in total. The monoisotopic (exact) mass is 292 g/mol. The van der Waals surface area contributed by atoms with Gasteiger partial charge < -0.3 is 9.30 Å². The lowest BCUT2D eigenvalue weighted by Crippen LogP contribution is -2.23. The molecule has 0 bridgehead atoms. The Bertz CT molecular complexity index is 600. The Kier molecular flexibility index (Phi) is 3.99. The van der Waals surface area contributed by atoms with Crippen molar-refractivity contribution in [1.29, 1.82) is 0 Å². The van der Waals surface area contributed by atoms with Crippen LogP contribution in [0.25, 0.3) is 11.0 Å². The Hall–Kier alpha value is -1.06. The van der Waals surface area contributed by atoms with Gasteiger partial charge >= 0.3 is 0 Å². The van der Waals surface area contributed by atoms with Gasteiger partial charge in [-0.15, -0.1) is 11.6 Å². The maximum atomic E-state index is 6.32. The van der Waals surface area contributed by atoms with Gasteiger partial charge in [0, 0.05) is 19.1 Å². The molecule has 2 atom stereocenters. The molecule has 0 radical (unpaired) electrons. The van der Waals surface area contributed by atoms with E-state index in [1.807, 2.05) is 6.92 Å². The quantitative estimate of drug-likeness (QED) is 0.797. The summed E-state index contributed by atoms with van der Waals surface area (Å²) in [6.45, 7) is 6.81. The van der Waals surface area contributed by atoms with Crippen molar-refractivity contribution in [3.8, 4) is 0 Å². The molecule has 4 heteroatoms. The van der Waals surface area contributed by atoms with E-state index < -0.39 is 0 Å². The van der Waals surface area contributed by atoms with Crippen molar-refractivity contribution < 1.29 is 4.74 Å². The van der Waals surface area contributed by atoms with Gasteiger partial charge in [0.05, 0.1) is 23.0 Å². The van der Waals surface area contributed by atoms with Crippen molar-refractivity contribution in [1.82, 2.24) is 9.55 Å². The average Bonchev–Trinajstić information content (AvgIpc) is 2.78. The summed E-state index contributed by atoms with van der Waals surface area (Å²) in [6.07, 6.45) is 2.38. The first kappa shape index (κ1) is 13.9. The predicted molar refractivity (Wildman–Crippen MR) is 82.3 cm³/mol. The molecular formula is C16H21ClN2O. The van der Waals surface area contributed by atoms with Crippen LogP contribution < -0.4 is 0 Å². The number of nitrogens with zero attached hydrogens (tertiary/aromatic N) is 2. The number of ether oxygens (including phenoxy) is 1. The van der Waals surface area contributed by atoms with Gasteiger partial charge in [-0.1, -0.05) is 6.07 Å². The van der Waals surface area contributed by atoms with Crippen LogP contribution in [0.5, 0.6) is 0 Å². The minimum atomic E-state index is -0.0767. The number of fused-ring (bicyclic) bond motifs is 1. The molecular weight excluding hydrogens is 272 g/mol. The highest BCUT2D eigenvalue weighted by Crippen LogP contribution is 2.27. The van der Waals surface area contributed by atoms with E-state index in [9.17, 15) is 0 Å². The maximum Gasteiger partial charge on any atom is 0.127 e. The first-order valence-corrected chi connectivity index (χ1v) is 7.77. The maximum absolute atomic E-state index is 6.32. The first-order valence-electron chi connectivity index (χ1n) is 7.34. The zero-order valence-electron chi connectivity index (χ0n) is 12.1. The van der Waals surface area contributed by atoms with Crippen LogP contribution in [-0.4, -0.2) is 22.8 Å². The fraction of sp³-hybridized carbons (Fsp3) is 0.562. The molecule has 108 valence electrons. The van der Waals surface area contributed by atoms with Crippen LogP contribution in [0.15, 0.2) is 18.2 Å². The molecule has 1 aliphatic rings. The van der Waals surface area contributed by atoms with E-state index in [0.29, 0.717) is 5.92 Å². The van der Waals surface area contributed by atoms with Gasteiger partial charge in [0.2, 0.25) is 0 Å². The SMILES string of the molecule is Cc1ccc2nc(C(C)Cl)n(CC3CCCOC3)c2c1. The standard InChI is InChI=1S/C16H21ClN2O/c1-11-5-6-14-15(8-11)19(16(18-14)12(2)17)9-13-4-3-7-20-10-13/h5-6,8,12-13H,3-4,7,9-10H2,1-2H3. The molecule has 1 aromatic carbocycles. The summed E-state index contributed by atoms with van der Waals surface area (Å²) in [7, 11) is 0. The van der Waals surface area contributed by atoms with E-state index >= 15 is 0 Å². The molecule has 0 amide bonds. The lowest BCUT2D eigenvalue weighted by Gasteiger charge is -2.24. The minimum absolute atomic E-state index is 0.0767. The summed E-state index contributed by atoms with van der Waals surface area (Å²) in [4.78, 5) is 4.71. The highest BCUT2D eigenvalue weighted by Gasteiger charge is 2.20. The fourth-order valence-corrected chi connectivity index (χ4v) is 3.12. The highest BCUT2D eigenvalue weighted by atomic mass is 35.5. The van der Waals surface area contributed by atoms with E-state index in [2.05, 4.69) is 29.7 Å². The topological polar surface area (TPSA) is 27.1 Å². The predicted octanol–water partition coefficient (Wildman–Crippen LogP) is 4.07. The molecule has 1 fully saturated rings. The summed E-state index contributed by atoms with van der Waals surface area (Å²) >= 11 is 6.32. The number of benzene rings is 1. The summed E-state index contributed by atoms with van der Waals surface area (Å²) < 4.78 is 7.89. The van der Waals surface area contributed by atoms with Gasteiger partial charge in [0.25, 0.3) is 0 Å². The van der Waals surface area contributed by atoms with Gasteiger partial charge in [-0.25, -0.2) is 4.98 Å². The number of hydrogen-bond donors (Lipinski definition) is 0. The number of imidazole rings is 1. The van der Waals surface area contributed by atoms with Crippen LogP contribution in [-0.2, 0) is 11.3 Å². The Morgan fingerprint density at radius 1 is 1.50 bits per heavy atom. The largest absolute Gasteiger partial charge is 0.381 e. The third kappa shape index (κ3) is 2.70. The zero-order chi connectivity index (χ0) is 14.1. The Balaban J connectivity index is 2.01. The van der Waals surface area contributed by atoms with Gasteiger partial charge in [-0.3, -0.25) is 0 Å². The summed E-state index contributed by atoms with van der Waals surface area (Å²) in [6, 6.07) is 6.39. The molecule has 20 heavy (non-hydrogen) atoms. The molecule has 0 aliphatic carbocycles. The van der Waals surface area contributed by atoms with Crippen molar-refractivity contribution in [2.24, 2.45) is 5.92 Å². The van der Waals surface area contributed by atoms with E-state index in [0.717, 1.165) is 37.5 Å². The molecule has 3 nitrogen and oxygen atoms in total. The van der Waals surface area contributed by atoms with E-state index in [4.69, 9.17) is 21.3 Å². The van der Waals surface area contributed by atoms with Gasteiger partial charge in [0.1, 0.15) is 5.82 Å². The second-order valence-electron chi connectivity index (χ2n) is 5.77. The molecule has 1 aliphatic heterocycles. The van der Waals surface area contributed by atoms with Crippen molar-refractivity contribution in [3.63, 3.8) is 0 Å². The van der Waals surface area contributed by atoms with Crippen molar-refractivity contribution in [2.75, 3.05) is 13.2 Å². The van der Waals surface area contributed by atoms with Gasteiger partial charge in [0.15, 0.2) is 0 Å². The molecule has 2 heterocycles. The van der Waals surface area contributed by atoms with Crippen LogP contribution in [0.4, 0.5) is 0 Å². The van der Waals surface area contributed by atoms with Crippen LogP contribution in [0.3, 0.4) is 0 Å². The van der Waals surface area contributed by atoms with Crippen LogP contribution in [0.2, 0.25) is 0 Å².